The molecule has 1 aromatic rings. The van der Waals surface area contributed by atoms with Crippen LogP contribution < -0.4 is 5.32 Å². The van der Waals surface area contributed by atoms with Crippen LogP contribution >= 0.6 is 0 Å². The van der Waals surface area contributed by atoms with E-state index in [2.05, 4.69) is 10.1 Å². The van der Waals surface area contributed by atoms with E-state index < -0.39 is 11.9 Å². The topological polar surface area (TPSA) is 58.6 Å². The van der Waals surface area contributed by atoms with Crippen molar-refractivity contribution in [2.45, 2.75) is 6.92 Å². The average molecular weight is 213 g/mol. The number of nitrogens with one attached hydrogen (secondary N) is 1. The van der Waals surface area contributed by atoms with Gasteiger partial charge in [0.25, 0.3) is 0 Å². The van der Waals surface area contributed by atoms with Gasteiger partial charge in [-0.15, -0.1) is 0 Å². The molecule has 0 atom stereocenters. The first-order valence-corrected chi connectivity index (χ1v) is 4.45. The van der Waals surface area contributed by atoms with Crippen LogP contribution in [-0.4, -0.2) is 24.4 Å². The van der Waals surface area contributed by atoms with Crippen molar-refractivity contribution in [2.75, 3.05) is 18.5 Å². The summed E-state index contributed by atoms with van der Waals surface area (Å²) in [5, 5.41) is 10.8. The Kier molecular flexibility index (Phi) is 4.05. The van der Waals surface area contributed by atoms with Gasteiger partial charge >= 0.3 is 6.09 Å². The second kappa shape index (κ2) is 5.31. The van der Waals surface area contributed by atoms with Crippen LogP contribution in [0.5, 0.6) is 0 Å². The molecule has 0 aromatic heterocycles. The first kappa shape index (κ1) is 11.5. The van der Waals surface area contributed by atoms with Crippen LogP contribution in [0.4, 0.5) is 14.9 Å². The van der Waals surface area contributed by atoms with Gasteiger partial charge in [0, 0.05) is 11.3 Å². The standard InChI is InChI=1S/C10H12FNO3/c1-7-8(11)3-2-4-9(7)12-10(14)15-6-5-13/h2-4,13H,5-6H2,1H3,(H,12,14). The lowest BCUT2D eigenvalue weighted by Crippen LogP contribution is -2.16. The smallest absolute Gasteiger partial charge is 0.411 e. The summed E-state index contributed by atoms with van der Waals surface area (Å²) in [7, 11) is 0. The van der Waals surface area contributed by atoms with Crippen LogP contribution in [0.1, 0.15) is 5.56 Å². The lowest BCUT2D eigenvalue weighted by atomic mass is 10.2. The molecule has 1 rings (SSSR count). The third-order valence-electron chi connectivity index (χ3n) is 1.83. The van der Waals surface area contributed by atoms with Crippen LogP contribution in [0.3, 0.4) is 0 Å². The highest BCUT2D eigenvalue weighted by Crippen LogP contribution is 2.17. The second-order valence-electron chi connectivity index (χ2n) is 2.90. The Labute approximate surface area is 86.7 Å². The molecule has 5 heteroatoms. The fourth-order valence-corrected chi connectivity index (χ4v) is 1.03. The number of carbonyl (C=O) groups is 1. The van der Waals surface area contributed by atoms with Gasteiger partial charge in [0.05, 0.1) is 6.61 Å². The van der Waals surface area contributed by atoms with Gasteiger partial charge in [0.15, 0.2) is 0 Å². The number of aliphatic hydroxyl groups is 1. The number of hydrogen-bond acceptors (Lipinski definition) is 3. The number of benzene rings is 1. The van der Waals surface area contributed by atoms with Crippen LogP contribution in [0, 0.1) is 12.7 Å². The highest BCUT2D eigenvalue weighted by Gasteiger charge is 2.07. The van der Waals surface area contributed by atoms with Crippen molar-refractivity contribution in [1.29, 1.82) is 0 Å². The molecule has 1 aromatic carbocycles. The fourth-order valence-electron chi connectivity index (χ4n) is 1.03. The summed E-state index contributed by atoms with van der Waals surface area (Å²) in [5.41, 5.74) is 0.705. The van der Waals surface area contributed by atoms with E-state index in [-0.39, 0.29) is 13.2 Å². The predicted octanol–water partition coefficient (Wildman–Crippen LogP) is 1.67. The summed E-state index contributed by atoms with van der Waals surface area (Å²) >= 11 is 0. The van der Waals surface area contributed by atoms with Gasteiger partial charge in [0.2, 0.25) is 0 Å². The van der Waals surface area contributed by atoms with Crippen molar-refractivity contribution < 1.29 is 19.0 Å². The van der Waals surface area contributed by atoms with Crippen LogP contribution in [0.15, 0.2) is 18.2 Å². The van der Waals surface area contributed by atoms with Gasteiger partial charge in [-0.25, -0.2) is 9.18 Å². The zero-order valence-corrected chi connectivity index (χ0v) is 8.29. The Morgan fingerprint density at radius 3 is 3.00 bits per heavy atom. The molecule has 0 spiro atoms. The van der Waals surface area contributed by atoms with Gasteiger partial charge in [-0.3, -0.25) is 5.32 Å². The summed E-state index contributed by atoms with van der Waals surface area (Å²) in [6, 6.07) is 4.36. The third kappa shape index (κ3) is 3.21. The largest absolute Gasteiger partial charge is 0.447 e. The van der Waals surface area contributed by atoms with E-state index in [4.69, 9.17) is 5.11 Å². The van der Waals surface area contributed by atoms with E-state index in [9.17, 15) is 9.18 Å². The summed E-state index contributed by atoms with van der Waals surface area (Å²) in [6.45, 7) is 1.23. The van der Waals surface area contributed by atoms with Gasteiger partial charge in [-0.05, 0) is 19.1 Å². The summed E-state index contributed by atoms with van der Waals surface area (Å²) in [6.07, 6.45) is -0.710. The molecule has 0 aliphatic carbocycles. The zero-order valence-electron chi connectivity index (χ0n) is 8.29. The van der Waals surface area contributed by atoms with E-state index in [1.807, 2.05) is 0 Å². The van der Waals surface area contributed by atoms with E-state index in [1.165, 1.54) is 12.1 Å². The molecule has 0 unspecified atom stereocenters. The molecule has 0 bridgehead atoms. The molecule has 0 saturated heterocycles. The molecule has 2 N–H and O–H groups in total. The maximum Gasteiger partial charge on any atom is 0.411 e. The molecule has 0 heterocycles. The minimum Gasteiger partial charge on any atom is -0.447 e. The number of rotatable bonds is 3. The maximum atomic E-state index is 13.0. The van der Waals surface area contributed by atoms with E-state index >= 15 is 0 Å². The first-order valence-electron chi connectivity index (χ1n) is 4.45. The summed E-state index contributed by atoms with van der Waals surface area (Å²) in [4.78, 5) is 11.1. The lowest BCUT2D eigenvalue weighted by Gasteiger charge is -2.08. The van der Waals surface area contributed by atoms with Gasteiger partial charge < -0.3 is 9.84 Å². The molecule has 82 valence electrons. The normalized spacial score (nSPS) is 9.80. The Morgan fingerprint density at radius 2 is 2.33 bits per heavy atom. The van der Waals surface area contributed by atoms with Gasteiger partial charge in [-0.1, -0.05) is 6.07 Å². The Bertz CT molecular complexity index is 355. The SMILES string of the molecule is Cc1c(F)cccc1NC(=O)OCCO. The molecule has 0 fully saturated rings. The second-order valence-corrected chi connectivity index (χ2v) is 2.90. The van der Waals surface area contributed by atoms with Crippen LogP contribution in [0.25, 0.3) is 0 Å². The van der Waals surface area contributed by atoms with Gasteiger partial charge in [-0.2, -0.15) is 0 Å². The number of amides is 1. The monoisotopic (exact) mass is 213 g/mol. The number of ether oxygens (including phenoxy) is 1. The molecule has 1 amide bonds. The highest BCUT2D eigenvalue weighted by molar-refractivity contribution is 5.85. The van der Waals surface area contributed by atoms with E-state index in [0.717, 1.165) is 0 Å². The molecule has 0 radical (unpaired) electrons. The van der Waals surface area contributed by atoms with Crippen molar-refractivity contribution in [3.63, 3.8) is 0 Å². The summed E-state index contributed by atoms with van der Waals surface area (Å²) < 4.78 is 17.6. The average Bonchev–Trinajstić information content (AvgIpc) is 2.22. The molecule has 0 aliphatic heterocycles. The van der Waals surface area contributed by atoms with Crippen molar-refractivity contribution in [3.05, 3.63) is 29.6 Å². The Hall–Kier alpha value is -1.62. The molecule has 4 nitrogen and oxygen atoms in total. The van der Waals surface area contributed by atoms with Crippen molar-refractivity contribution in [3.8, 4) is 0 Å². The van der Waals surface area contributed by atoms with Crippen LogP contribution in [-0.2, 0) is 4.74 Å². The molecular formula is C10H12FNO3. The number of halogens is 1. The van der Waals surface area contributed by atoms with Crippen molar-refractivity contribution >= 4 is 11.8 Å². The Morgan fingerprint density at radius 1 is 1.60 bits per heavy atom. The minimum absolute atomic E-state index is 0.0831. The molecule has 0 aliphatic rings. The highest BCUT2D eigenvalue weighted by atomic mass is 19.1. The predicted molar refractivity (Wildman–Crippen MR) is 53.2 cm³/mol. The molecule has 0 saturated carbocycles. The number of anilines is 1. The van der Waals surface area contributed by atoms with Crippen molar-refractivity contribution in [1.82, 2.24) is 0 Å². The number of carbonyl (C=O) groups excluding carboxylic acids is 1. The number of aliphatic hydroxyl groups excluding tert-OH is 1. The fraction of sp³-hybridized carbons (Fsp3) is 0.300. The summed E-state index contributed by atoms with van der Waals surface area (Å²) in [5.74, 6) is -0.394. The zero-order chi connectivity index (χ0) is 11.3. The molecular weight excluding hydrogens is 201 g/mol. The Balaban J connectivity index is 2.64. The lowest BCUT2D eigenvalue weighted by molar-refractivity contribution is 0.131. The van der Waals surface area contributed by atoms with Crippen LogP contribution in [0.2, 0.25) is 0 Å². The van der Waals surface area contributed by atoms with Crippen molar-refractivity contribution in [2.24, 2.45) is 0 Å². The third-order valence-corrected chi connectivity index (χ3v) is 1.83. The minimum atomic E-state index is -0.710. The van der Waals surface area contributed by atoms with E-state index in [0.29, 0.717) is 11.3 Å². The number of hydrogen-bond donors (Lipinski definition) is 2. The van der Waals surface area contributed by atoms with Gasteiger partial charge in [0.1, 0.15) is 12.4 Å². The van der Waals surface area contributed by atoms with E-state index in [1.54, 1.807) is 13.0 Å². The maximum absolute atomic E-state index is 13.0. The quantitative estimate of drug-likeness (QED) is 0.803. The first-order chi connectivity index (χ1) is 7.15. The molecule has 15 heavy (non-hydrogen) atoms.